The highest BCUT2D eigenvalue weighted by Crippen LogP contribution is 2.20. The molecule has 0 aliphatic carbocycles. The molecule has 1 N–H and O–H groups in total. The first-order valence-corrected chi connectivity index (χ1v) is 6.75. The molecule has 1 aliphatic heterocycles. The van der Waals surface area contributed by atoms with Crippen LogP contribution in [0.2, 0.25) is 5.02 Å². The number of nitrogens with zero attached hydrogens (tertiary/aromatic N) is 1. The number of nitrogens with one attached hydrogen (secondary N) is 1. The van der Waals surface area contributed by atoms with Gasteiger partial charge in [-0.2, -0.15) is 0 Å². The van der Waals surface area contributed by atoms with Crippen molar-refractivity contribution in [2.45, 2.75) is 19.3 Å². The minimum Gasteiger partial charge on any atom is -0.326 e. The Balaban J connectivity index is 1.80. The van der Waals surface area contributed by atoms with Gasteiger partial charge in [-0.3, -0.25) is 4.79 Å². The quantitative estimate of drug-likeness (QED) is 0.912. The van der Waals surface area contributed by atoms with E-state index in [1.807, 2.05) is 12.1 Å². The van der Waals surface area contributed by atoms with Crippen molar-refractivity contribution in [3.8, 4) is 0 Å². The molecule has 0 atom stereocenters. The van der Waals surface area contributed by atoms with Gasteiger partial charge in [-0.1, -0.05) is 11.6 Å². The van der Waals surface area contributed by atoms with Crippen molar-refractivity contribution in [2.24, 2.45) is 5.92 Å². The lowest BCUT2D eigenvalue weighted by Crippen LogP contribution is -2.31. The summed E-state index contributed by atoms with van der Waals surface area (Å²) in [5.41, 5.74) is 0.817. The van der Waals surface area contributed by atoms with Gasteiger partial charge in [0.25, 0.3) is 0 Å². The Labute approximate surface area is 113 Å². The van der Waals surface area contributed by atoms with E-state index in [0.29, 0.717) is 17.4 Å². The Bertz CT molecular complexity index is 397. The van der Waals surface area contributed by atoms with E-state index >= 15 is 0 Å². The maximum Gasteiger partial charge on any atom is 0.224 e. The van der Waals surface area contributed by atoms with Crippen LogP contribution in [0.3, 0.4) is 0 Å². The zero-order valence-corrected chi connectivity index (χ0v) is 11.4. The number of rotatable bonds is 3. The van der Waals surface area contributed by atoms with Gasteiger partial charge in [-0.25, -0.2) is 0 Å². The topological polar surface area (TPSA) is 32.3 Å². The van der Waals surface area contributed by atoms with Gasteiger partial charge in [0.1, 0.15) is 0 Å². The number of carbonyl (C=O) groups is 1. The fourth-order valence-corrected chi connectivity index (χ4v) is 2.40. The maximum atomic E-state index is 11.9. The molecule has 1 aliphatic rings. The molecular weight excluding hydrogens is 248 g/mol. The SMILES string of the molecule is CN1CCC(CC(=O)Nc2ccc(Cl)cc2)CC1. The van der Waals surface area contributed by atoms with Crippen LogP contribution in [0.5, 0.6) is 0 Å². The van der Waals surface area contributed by atoms with Crippen molar-refractivity contribution in [1.29, 1.82) is 0 Å². The van der Waals surface area contributed by atoms with Crippen LogP contribution in [-0.2, 0) is 4.79 Å². The Morgan fingerprint density at radius 3 is 2.56 bits per heavy atom. The molecule has 0 unspecified atom stereocenters. The molecule has 0 radical (unpaired) electrons. The molecule has 1 heterocycles. The third-order valence-corrected chi connectivity index (χ3v) is 3.69. The van der Waals surface area contributed by atoms with Gasteiger partial charge in [0.2, 0.25) is 5.91 Å². The van der Waals surface area contributed by atoms with Crippen LogP contribution in [0.15, 0.2) is 24.3 Å². The molecule has 1 fully saturated rings. The second-order valence-electron chi connectivity index (χ2n) is 5.01. The molecule has 98 valence electrons. The van der Waals surface area contributed by atoms with Crippen molar-refractivity contribution in [1.82, 2.24) is 4.90 Å². The highest BCUT2D eigenvalue weighted by molar-refractivity contribution is 6.30. The van der Waals surface area contributed by atoms with E-state index in [1.54, 1.807) is 12.1 Å². The molecule has 1 aromatic carbocycles. The number of hydrogen-bond acceptors (Lipinski definition) is 2. The number of halogens is 1. The van der Waals surface area contributed by atoms with Crippen molar-refractivity contribution >= 4 is 23.2 Å². The predicted octanol–water partition coefficient (Wildman–Crippen LogP) is 3.01. The van der Waals surface area contributed by atoms with Crippen molar-refractivity contribution in [2.75, 3.05) is 25.5 Å². The molecule has 0 saturated carbocycles. The highest BCUT2D eigenvalue weighted by atomic mass is 35.5. The van der Waals surface area contributed by atoms with Crippen molar-refractivity contribution in [3.63, 3.8) is 0 Å². The fraction of sp³-hybridized carbons (Fsp3) is 0.500. The molecule has 1 saturated heterocycles. The van der Waals surface area contributed by atoms with Crippen LogP contribution in [0.4, 0.5) is 5.69 Å². The lowest BCUT2D eigenvalue weighted by molar-refractivity contribution is -0.117. The van der Waals surface area contributed by atoms with Crippen LogP contribution in [0, 0.1) is 5.92 Å². The van der Waals surface area contributed by atoms with Crippen LogP contribution < -0.4 is 5.32 Å². The van der Waals surface area contributed by atoms with E-state index in [2.05, 4.69) is 17.3 Å². The second kappa shape index (κ2) is 6.21. The minimum atomic E-state index is 0.104. The molecule has 1 amide bonds. The molecule has 2 rings (SSSR count). The van der Waals surface area contributed by atoms with Crippen LogP contribution >= 0.6 is 11.6 Å². The van der Waals surface area contributed by atoms with E-state index < -0.39 is 0 Å². The number of hydrogen-bond donors (Lipinski definition) is 1. The van der Waals surface area contributed by atoms with E-state index in [1.165, 1.54) is 0 Å². The van der Waals surface area contributed by atoms with Crippen LogP contribution in [-0.4, -0.2) is 30.9 Å². The highest BCUT2D eigenvalue weighted by Gasteiger charge is 2.19. The van der Waals surface area contributed by atoms with Gasteiger partial charge in [-0.15, -0.1) is 0 Å². The number of carbonyl (C=O) groups excluding carboxylic acids is 1. The molecule has 0 bridgehead atoms. The van der Waals surface area contributed by atoms with Gasteiger partial charge in [0.15, 0.2) is 0 Å². The van der Waals surface area contributed by atoms with Gasteiger partial charge < -0.3 is 10.2 Å². The first-order valence-electron chi connectivity index (χ1n) is 6.37. The Kier molecular flexibility index (Phi) is 4.61. The summed E-state index contributed by atoms with van der Waals surface area (Å²) in [5, 5.41) is 3.60. The number of piperidine rings is 1. The molecule has 0 aromatic heterocycles. The molecular formula is C14H19ClN2O. The average molecular weight is 267 g/mol. The van der Waals surface area contributed by atoms with E-state index in [9.17, 15) is 4.79 Å². The third kappa shape index (κ3) is 4.00. The first-order chi connectivity index (χ1) is 8.63. The molecule has 18 heavy (non-hydrogen) atoms. The lowest BCUT2D eigenvalue weighted by Gasteiger charge is -2.28. The van der Waals surface area contributed by atoms with Crippen LogP contribution in [0.25, 0.3) is 0 Å². The number of anilines is 1. The first kappa shape index (κ1) is 13.4. The summed E-state index contributed by atoms with van der Waals surface area (Å²) in [6.45, 7) is 2.19. The lowest BCUT2D eigenvalue weighted by atomic mass is 9.93. The summed E-state index contributed by atoms with van der Waals surface area (Å²) < 4.78 is 0. The molecule has 1 aromatic rings. The number of benzene rings is 1. The summed E-state index contributed by atoms with van der Waals surface area (Å²) in [7, 11) is 2.13. The van der Waals surface area contributed by atoms with Gasteiger partial charge in [0.05, 0.1) is 0 Å². The maximum absolute atomic E-state index is 11.9. The Morgan fingerprint density at radius 2 is 1.94 bits per heavy atom. The third-order valence-electron chi connectivity index (χ3n) is 3.44. The summed E-state index contributed by atoms with van der Waals surface area (Å²) in [6.07, 6.45) is 2.85. The molecule has 4 heteroatoms. The van der Waals surface area contributed by atoms with Gasteiger partial charge >= 0.3 is 0 Å². The van der Waals surface area contributed by atoms with E-state index in [-0.39, 0.29) is 5.91 Å². The largest absolute Gasteiger partial charge is 0.326 e. The Hall–Kier alpha value is -1.06. The summed E-state index contributed by atoms with van der Waals surface area (Å²) in [5.74, 6) is 0.625. The predicted molar refractivity (Wildman–Crippen MR) is 74.9 cm³/mol. The fourth-order valence-electron chi connectivity index (χ4n) is 2.27. The Morgan fingerprint density at radius 1 is 1.33 bits per heavy atom. The smallest absolute Gasteiger partial charge is 0.224 e. The zero-order chi connectivity index (χ0) is 13.0. The minimum absolute atomic E-state index is 0.104. The summed E-state index contributed by atoms with van der Waals surface area (Å²) in [6, 6.07) is 7.23. The van der Waals surface area contributed by atoms with E-state index in [0.717, 1.165) is 31.6 Å². The van der Waals surface area contributed by atoms with Crippen LogP contribution in [0.1, 0.15) is 19.3 Å². The van der Waals surface area contributed by atoms with Gasteiger partial charge in [0, 0.05) is 17.1 Å². The van der Waals surface area contributed by atoms with Gasteiger partial charge in [-0.05, 0) is 63.2 Å². The van der Waals surface area contributed by atoms with E-state index in [4.69, 9.17) is 11.6 Å². The molecule has 3 nitrogen and oxygen atoms in total. The second-order valence-corrected chi connectivity index (χ2v) is 5.44. The normalized spacial score (nSPS) is 17.7. The average Bonchev–Trinajstić information content (AvgIpc) is 2.35. The summed E-state index contributed by atoms with van der Waals surface area (Å²) >= 11 is 5.80. The molecule has 0 spiro atoms. The summed E-state index contributed by atoms with van der Waals surface area (Å²) in [4.78, 5) is 14.2. The monoisotopic (exact) mass is 266 g/mol. The van der Waals surface area contributed by atoms with Crippen molar-refractivity contribution < 1.29 is 4.79 Å². The zero-order valence-electron chi connectivity index (χ0n) is 10.7. The number of amides is 1. The van der Waals surface area contributed by atoms with Crippen molar-refractivity contribution in [3.05, 3.63) is 29.3 Å². The standard InChI is InChI=1S/C14H19ClN2O/c1-17-8-6-11(7-9-17)10-14(18)16-13-4-2-12(15)3-5-13/h2-5,11H,6-10H2,1H3,(H,16,18). The number of likely N-dealkylation sites (tertiary alicyclic amines) is 1.